The van der Waals surface area contributed by atoms with Crippen molar-refractivity contribution in [2.24, 2.45) is 0 Å². The zero-order valence-electron chi connectivity index (χ0n) is 24.5. The predicted molar refractivity (Wildman–Crippen MR) is 168 cm³/mol. The van der Waals surface area contributed by atoms with E-state index >= 15 is 0 Å². The highest BCUT2D eigenvalue weighted by molar-refractivity contribution is 6.31. The van der Waals surface area contributed by atoms with Crippen LogP contribution in [0.2, 0.25) is 10.3 Å². The molecule has 0 aliphatic rings. The van der Waals surface area contributed by atoms with Crippen molar-refractivity contribution in [1.29, 1.82) is 0 Å². The lowest BCUT2D eigenvalue weighted by Gasteiger charge is -2.31. The molecule has 2 heterocycles. The van der Waals surface area contributed by atoms with Crippen molar-refractivity contribution in [3.05, 3.63) is 82.4 Å². The summed E-state index contributed by atoms with van der Waals surface area (Å²) in [4.78, 5) is 38.3. The first-order valence-electron chi connectivity index (χ1n) is 14.0. The standard InChI is InChI=1S/C31H31Cl2N5O8/c1-3-23(40)27(38-18-35-24-25(36-30(33)37-26(24)38)34-15-20-12-8-9-13-22(20)32)46-21(16-39)17-45-31(28(41)42,29(43)44-4-2)14-19-10-6-5-7-11-19/h1,5-13,18,21,23,27,39-40H,4,14-17H2,2H3,(H,41,42)(H,34,36,37)/t21-,23+,27+,31?/m0/s1. The third kappa shape index (κ3) is 7.91. The van der Waals surface area contributed by atoms with Crippen LogP contribution in [0.4, 0.5) is 5.82 Å². The molecule has 0 aliphatic heterocycles. The highest BCUT2D eigenvalue weighted by Gasteiger charge is 2.50. The molecule has 0 spiro atoms. The number of anilines is 1. The third-order valence-corrected chi connectivity index (χ3v) is 7.35. The molecule has 2 aromatic heterocycles. The van der Waals surface area contributed by atoms with Crippen LogP contribution in [-0.2, 0) is 36.8 Å². The number of aliphatic carboxylic acids is 1. The van der Waals surface area contributed by atoms with E-state index in [2.05, 4.69) is 26.2 Å². The summed E-state index contributed by atoms with van der Waals surface area (Å²) in [5.74, 6) is -0.306. The molecule has 0 amide bonds. The van der Waals surface area contributed by atoms with Crippen LogP contribution < -0.4 is 5.32 Å². The lowest BCUT2D eigenvalue weighted by atomic mass is 9.94. The summed E-state index contributed by atoms with van der Waals surface area (Å²) < 4.78 is 18.0. The number of rotatable bonds is 16. The molecule has 0 saturated carbocycles. The van der Waals surface area contributed by atoms with Crippen molar-refractivity contribution >= 4 is 52.1 Å². The Bertz CT molecular complexity index is 1700. The number of fused-ring (bicyclic) bond motifs is 1. The minimum atomic E-state index is -2.47. The molecule has 0 fully saturated rings. The Morgan fingerprint density at radius 3 is 2.50 bits per heavy atom. The van der Waals surface area contributed by atoms with Gasteiger partial charge in [-0.3, -0.25) is 4.57 Å². The summed E-state index contributed by atoms with van der Waals surface area (Å²) in [6.07, 6.45) is 2.11. The number of ether oxygens (including phenoxy) is 3. The number of aromatic nitrogens is 4. The number of aliphatic hydroxyl groups excluding tert-OH is 2. The second kappa shape index (κ2) is 15.8. The van der Waals surface area contributed by atoms with Gasteiger partial charge in [0.25, 0.3) is 5.60 Å². The van der Waals surface area contributed by atoms with Crippen LogP contribution in [0, 0.1) is 12.3 Å². The van der Waals surface area contributed by atoms with Gasteiger partial charge < -0.3 is 34.8 Å². The average Bonchev–Trinajstić information content (AvgIpc) is 3.47. The van der Waals surface area contributed by atoms with Crippen LogP contribution in [0.25, 0.3) is 11.2 Å². The van der Waals surface area contributed by atoms with Gasteiger partial charge in [0.15, 0.2) is 29.3 Å². The number of esters is 1. The molecule has 15 heteroatoms. The van der Waals surface area contributed by atoms with E-state index in [1.807, 2.05) is 12.1 Å². The maximum Gasteiger partial charge on any atom is 0.350 e. The first-order valence-corrected chi connectivity index (χ1v) is 14.7. The van der Waals surface area contributed by atoms with E-state index in [9.17, 15) is 24.9 Å². The highest BCUT2D eigenvalue weighted by atomic mass is 35.5. The van der Waals surface area contributed by atoms with Gasteiger partial charge in [-0.15, -0.1) is 6.42 Å². The maximum atomic E-state index is 13.0. The molecule has 0 aliphatic carbocycles. The van der Waals surface area contributed by atoms with Gasteiger partial charge in [-0.1, -0.05) is 66.1 Å². The summed E-state index contributed by atoms with van der Waals surface area (Å²) in [5, 5.41) is 34.7. The number of aliphatic hydroxyl groups is 2. The second-order valence-corrected chi connectivity index (χ2v) is 10.6. The van der Waals surface area contributed by atoms with Crippen molar-refractivity contribution in [3.8, 4) is 12.3 Å². The molecule has 2 aromatic carbocycles. The SMILES string of the molecule is C#C[C@@H](O)[C@@H](O[C@@H](CO)COC(Cc1ccccc1)(C(=O)O)C(=O)OCC)n1cnc2c(NCc3ccccc3Cl)nc(Cl)nc21. The fraction of sp³-hybridized carbons (Fsp3) is 0.323. The van der Waals surface area contributed by atoms with Crippen LogP contribution in [0.15, 0.2) is 60.9 Å². The monoisotopic (exact) mass is 671 g/mol. The number of hydrogen-bond donors (Lipinski definition) is 4. The van der Waals surface area contributed by atoms with Gasteiger partial charge >= 0.3 is 11.9 Å². The summed E-state index contributed by atoms with van der Waals surface area (Å²) >= 11 is 12.5. The van der Waals surface area contributed by atoms with E-state index < -0.39 is 49.2 Å². The van der Waals surface area contributed by atoms with Crippen molar-refractivity contribution in [2.45, 2.75) is 43.9 Å². The third-order valence-electron chi connectivity index (χ3n) is 6.81. The molecule has 1 unspecified atom stereocenters. The molecule has 0 saturated heterocycles. The van der Waals surface area contributed by atoms with Crippen molar-refractivity contribution in [1.82, 2.24) is 19.5 Å². The topological polar surface area (TPSA) is 178 Å². The molecule has 0 radical (unpaired) electrons. The van der Waals surface area contributed by atoms with Gasteiger partial charge in [-0.05, 0) is 35.7 Å². The highest BCUT2D eigenvalue weighted by Crippen LogP contribution is 2.28. The van der Waals surface area contributed by atoms with Crippen LogP contribution in [0.5, 0.6) is 0 Å². The Labute approximate surface area is 274 Å². The largest absolute Gasteiger partial charge is 0.479 e. The number of carbonyl (C=O) groups is 2. The molecule has 13 nitrogen and oxygen atoms in total. The maximum absolute atomic E-state index is 13.0. The minimum Gasteiger partial charge on any atom is -0.479 e. The number of carbonyl (C=O) groups excluding carboxylic acids is 1. The molecule has 46 heavy (non-hydrogen) atoms. The smallest absolute Gasteiger partial charge is 0.350 e. The van der Waals surface area contributed by atoms with Gasteiger partial charge in [0.2, 0.25) is 5.28 Å². The van der Waals surface area contributed by atoms with E-state index in [0.717, 1.165) is 5.56 Å². The molecule has 4 aromatic rings. The molecule has 4 atom stereocenters. The fourth-order valence-corrected chi connectivity index (χ4v) is 4.87. The Morgan fingerprint density at radius 2 is 1.85 bits per heavy atom. The first-order chi connectivity index (χ1) is 22.1. The number of carboxylic acids is 1. The summed E-state index contributed by atoms with van der Waals surface area (Å²) in [6, 6.07) is 15.6. The van der Waals surface area contributed by atoms with Gasteiger partial charge in [-0.2, -0.15) is 9.97 Å². The number of nitrogens with one attached hydrogen (secondary N) is 1. The molecular formula is C31H31Cl2N5O8. The minimum absolute atomic E-state index is 0.101. The summed E-state index contributed by atoms with van der Waals surface area (Å²) in [5.41, 5.74) is -0.830. The van der Waals surface area contributed by atoms with E-state index in [0.29, 0.717) is 10.6 Å². The average molecular weight is 673 g/mol. The van der Waals surface area contributed by atoms with Crippen LogP contribution in [0.1, 0.15) is 24.3 Å². The second-order valence-electron chi connectivity index (χ2n) is 9.88. The number of imidazole rings is 1. The Hall–Kier alpha value is -4.29. The van der Waals surface area contributed by atoms with Crippen LogP contribution in [0.3, 0.4) is 0 Å². The lowest BCUT2D eigenvalue weighted by Crippen LogP contribution is -2.53. The van der Waals surface area contributed by atoms with Crippen molar-refractivity contribution in [2.75, 3.05) is 25.1 Å². The molecular weight excluding hydrogens is 641 g/mol. The van der Waals surface area contributed by atoms with Gasteiger partial charge in [0.05, 0.1) is 26.1 Å². The Kier molecular flexibility index (Phi) is 11.9. The number of hydrogen-bond acceptors (Lipinski definition) is 11. The van der Waals surface area contributed by atoms with Crippen molar-refractivity contribution in [3.63, 3.8) is 0 Å². The number of terminal acetylenes is 1. The number of carboxylic acid groups (broad SMARTS) is 1. The first kappa shape index (κ1) is 34.6. The lowest BCUT2D eigenvalue weighted by molar-refractivity contribution is -0.198. The van der Waals surface area contributed by atoms with Crippen molar-refractivity contribution < 1.29 is 39.1 Å². The number of halogens is 2. The summed E-state index contributed by atoms with van der Waals surface area (Å²) in [7, 11) is 0. The zero-order chi connectivity index (χ0) is 33.3. The molecule has 4 N–H and O–H groups in total. The van der Waals surface area contributed by atoms with E-state index in [1.165, 1.54) is 17.8 Å². The van der Waals surface area contributed by atoms with Gasteiger partial charge in [-0.25, -0.2) is 14.6 Å². The molecule has 242 valence electrons. The van der Waals surface area contributed by atoms with E-state index in [4.69, 9.17) is 43.8 Å². The molecule has 4 rings (SSSR count). The van der Waals surface area contributed by atoms with E-state index in [-0.39, 0.29) is 41.8 Å². The number of benzene rings is 2. The van der Waals surface area contributed by atoms with Gasteiger partial charge in [0.1, 0.15) is 6.10 Å². The molecule has 0 bridgehead atoms. The van der Waals surface area contributed by atoms with Crippen LogP contribution in [-0.4, -0.2) is 84.4 Å². The summed E-state index contributed by atoms with van der Waals surface area (Å²) in [6.45, 7) is 0.373. The van der Waals surface area contributed by atoms with E-state index in [1.54, 1.807) is 42.5 Å². The fourth-order valence-electron chi connectivity index (χ4n) is 4.50. The normalized spacial score (nSPS) is 14.5. The quantitative estimate of drug-likeness (QED) is 0.0592. The van der Waals surface area contributed by atoms with Crippen LogP contribution >= 0.6 is 23.2 Å². The predicted octanol–water partition coefficient (Wildman–Crippen LogP) is 3.26. The Balaban J connectivity index is 1.62. The number of nitrogens with zero attached hydrogens (tertiary/aromatic N) is 4. The van der Waals surface area contributed by atoms with Gasteiger partial charge in [0, 0.05) is 18.0 Å². The Morgan fingerprint density at radius 1 is 1.13 bits per heavy atom. The zero-order valence-corrected chi connectivity index (χ0v) is 26.1.